The normalized spacial score (nSPS) is 12.3. The second-order valence-corrected chi connectivity index (χ2v) is 14.5. The molecule has 0 radical (unpaired) electrons. The van der Waals surface area contributed by atoms with Crippen LogP contribution < -0.4 is 27.8 Å². The van der Waals surface area contributed by atoms with E-state index in [4.69, 9.17) is 17.2 Å². The highest BCUT2D eigenvalue weighted by Crippen LogP contribution is 2.14. The molecular weight excluding hydrogens is 608 g/mol. The van der Waals surface area contributed by atoms with Crippen molar-refractivity contribution in [2.24, 2.45) is 17.2 Å². The van der Waals surface area contributed by atoms with E-state index < -0.39 is 12.3 Å². The van der Waals surface area contributed by atoms with Gasteiger partial charge >= 0.3 is 0 Å². The smallest absolute Gasteiger partial charge is 0.241 e. The molecule has 8 N–H and O–H groups in total. The van der Waals surface area contributed by atoms with E-state index in [0.29, 0.717) is 13.0 Å². The Labute approximate surface area is 304 Å². The molecule has 290 valence electrons. The summed E-state index contributed by atoms with van der Waals surface area (Å²) in [6.45, 7) is 6.52. The molecule has 0 aromatic carbocycles. The average molecular weight is 693 g/mol. The van der Waals surface area contributed by atoms with E-state index in [9.17, 15) is 9.59 Å². The molecule has 0 aliphatic carbocycles. The van der Waals surface area contributed by atoms with Gasteiger partial charge in [0, 0.05) is 13.1 Å². The molecule has 0 aromatic rings. The van der Waals surface area contributed by atoms with Crippen molar-refractivity contribution in [3.05, 3.63) is 12.2 Å². The largest absolute Gasteiger partial charge is 0.346 e. The summed E-state index contributed by atoms with van der Waals surface area (Å²) in [6.07, 6.45) is 40.8. The van der Waals surface area contributed by atoms with E-state index in [-0.39, 0.29) is 18.4 Å². The molecule has 0 bridgehead atoms. The van der Waals surface area contributed by atoms with Crippen LogP contribution in [0.2, 0.25) is 0 Å². The van der Waals surface area contributed by atoms with E-state index in [0.717, 1.165) is 38.8 Å². The van der Waals surface area contributed by atoms with Crippen molar-refractivity contribution in [2.75, 3.05) is 26.2 Å². The number of amides is 2. The zero-order chi connectivity index (χ0) is 36.0. The van der Waals surface area contributed by atoms with Crippen molar-refractivity contribution >= 4 is 11.8 Å². The standard InChI is InChI=1S/C41H84N6O2/c1-3-5-7-9-11-13-15-17-19-20-22-24-26-28-30-32-36-47(39(48)37-46-40(49)38(42)33-34-45-41(43)44)35-31-29-27-25-23-21-18-16-14-12-10-8-6-4-2/h17,19,38,41,45H,3-16,18,20-37,42-44H2,1-2H3,(H,46,49)/b19-17+. The van der Waals surface area contributed by atoms with Gasteiger partial charge < -0.3 is 27.4 Å². The Morgan fingerprint density at radius 2 is 0.918 bits per heavy atom. The molecule has 0 heterocycles. The maximum atomic E-state index is 13.1. The lowest BCUT2D eigenvalue weighted by Gasteiger charge is -2.23. The van der Waals surface area contributed by atoms with Crippen LogP contribution in [0.5, 0.6) is 0 Å². The lowest BCUT2D eigenvalue weighted by atomic mass is 10.0. The van der Waals surface area contributed by atoms with Crippen LogP contribution in [0.1, 0.15) is 200 Å². The third-order valence-electron chi connectivity index (χ3n) is 9.66. The summed E-state index contributed by atoms with van der Waals surface area (Å²) < 4.78 is 0. The second-order valence-electron chi connectivity index (χ2n) is 14.5. The number of hydrogen-bond donors (Lipinski definition) is 5. The van der Waals surface area contributed by atoms with Crippen molar-refractivity contribution in [3.63, 3.8) is 0 Å². The molecule has 0 spiro atoms. The summed E-state index contributed by atoms with van der Waals surface area (Å²) in [5.41, 5.74) is 17.0. The number of nitrogens with two attached hydrogens (primary N) is 3. The van der Waals surface area contributed by atoms with Crippen LogP contribution in [0.3, 0.4) is 0 Å². The molecule has 1 atom stereocenters. The summed E-state index contributed by atoms with van der Waals surface area (Å²) in [4.78, 5) is 27.6. The first kappa shape index (κ1) is 47.5. The SMILES string of the molecule is CCCCCCCC/C=C/CCCCCCCCN(CCCCCCCCCCCCCCCC)C(=O)CNC(=O)C(N)CCNC(N)N. The molecular formula is C41H84N6O2. The molecule has 0 aliphatic heterocycles. The molecule has 0 aromatic heterocycles. The van der Waals surface area contributed by atoms with E-state index in [1.807, 2.05) is 4.90 Å². The van der Waals surface area contributed by atoms with Crippen LogP contribution in [-0.4, -0.2) is 55.2 Å². The van der Waals surface area contributed by atoms with Crippen LogP contribution >= 0.6 is 0 Å². The zero-order valence-corrected chi connectivity index (χ0v) is 32.6. The Bertz CT molecular complexity index is 748. The van der Waals surface area contributed by atoms with E-state index in [1.165, 1.54) is 154 Å². The van der Waals surface area contributed by atoms with Gasteiger partial charge in [-0.2, -0.15) is 0 Å². The molecule has 8 nitrogen and oxygen atoms in total. The number of nitrogens with zero attached hydrogens (tertiary/aromatic N) is 1. The third kappa shape index (κ3) is 34.7. The molecule has 0 saturated heterocycles. The number of carbonyl (C=O) groups is 2. The van der Waals surface area contributed by atoms with Crippen LogP contribution in [0.15, 0.2) is 12.2 Å². The maximum absolute atomic E-state index is 13.1. The third-order valence-corrected chi connectivity index (χ3v) is 9.66. The second kappa shape index (κ2) is 37.8. The van der Waals surface area contributed by atoms with Crippen molar-refractivity contribution in [2.45, 2.75) is 212 Å². The Kier molecular flexibility index (Phi) is 36.6. The number of rotatable bonds is 38. The summed E-state index contributed by atoms with van der Waals surface area (Å²) in [6, 6.07) is -0.700. The fourth-order valence-corrected chi connectivity index (χ4v) is 6.35. The topological polar surface area (TPSA) is 140 Å². The summed E-state index contributed by atoms with van der Waals surface area (Å²) in [7, 11) is 0. The number of hydrogen-bond acceptors (Lipinski definition) is 6. The minimum absolute atomic E-state index is 0.00133. The summed E-state index contributed by atoms with van der Waals surface area (Å²) >= 11 is 0. The summed E-state index contributed by atoms with van der Waals surface area (Å²) in [5, 5.41) is 5.61. The summed E-state index contributed by atoms with van der Waals surface area (Å²) in [5.74, 6) is -0.320. The van der Waals surface area contributed by atoms with Gasteiger partial charge in [0.05, 0.1) is 12.6 Å². The molecule has 0 rings (SSSR count). The van der Waals surface area contributed by atoms with E-state index in [2.05, 4.69) is 36.6 Å². The Morgan fingerprint density at radius 3 is 1.31 bits per heavy atom. The Balaban J connectivity index is 4.26. The van der Waals surface area contributed by atoms with Crippen molar-refractivity contribution in [3.8, 4) is 0 Å². The predicted octanol–water partition coefficient (Wildman–Crippen LogP) is 8.96. The molecule has 0 fully saturated rings. The van der Waals surface area contributed by atoms with Gasteiger partial charge in [-0.3, -0.25) is 14.9 Å². The highest BCUT2D eigenvalue weighted by Gasteiger charge is 2.17. The first-order chi connectivity index (χ1) is 23.9. The number of unbranched alkanes of at least 4 members (excludes halogenated alkanes) is 25. The Morgan fingerprint density at radius 1 is 0.551 bits per heavy atom. The minimum Gasteiger partial charge on any atom is -0.346 e. The van der Waals surface area contributed by atoms with Gasteiger partial charge in [0.25, 0.3) is 0 Å². The van der Waals surface area contributed by atoms with Crippen LogP contribution in [0.25, 0.3) is 0 Å². The molecule has 49 heavy (non-hydrogen) atoms. The highest BCUT2D eigenvalue weighted by atomic mass is 16.2. The van der Waals surface area contributed by atoms with Gasteiger partial charge in [-0.15, -0.1) is 0 Å². The van der Waals surface area contributed by atoms with Gasteiger partial charge in [0.1, 0.15) is 6.29 Å². The van der Waals surface area contributed by atoms with Gasteiger partial charge in [0.15, 0.2) is 0 Å². The Hall–Kier alpha value is -1.48. The van der Waals surface area contributed by atoms with Crippen LogP contribution in [-0.2, 0) is 9.59 Å². The highest BCUT2D eigenvalue weighted by molar-refractivity contribution is 5.87. The fraction of sp³-hybridized carbons (Fsp3) is 0.902. The average Bonchev–Trinajstić information content (AvgIpc) is 3.09. The minimum atomic E-state index is -0.700. The molecule has 1 unspecified atom stereocenters. The van der Waals surface area contributed by atoms with Crippen molar-refractivity contribution < 1.29 is 9.59 Å². The fourth-order valence-electron chi connectivity index (χ4n) is 6.35. The first-order valence-electron chi connectivity index (χ1n) is 21.1. The molecule has 0 aliphatic rings. The number of nitrogens with one attached hydrogen (secondary N) is 2. The lowest BCUT2D eigenvalue weighted by Crippen LogP contribution is -2.49. The lowest BCUT2D eigenvalue weighted by molar-refractivity contribution is -0.133. The quantitative estimate of drug-likeness (QED) is 0.0249. The van der Waals surface area contributed by atoms with E-state index >= 15 is 0 Å². The van der Waals surface area contributed by atoms with Crippen LogP contribution in [0.4, 0.5) is 0 Å². The van der Waals surface area contributed by atoms with Crippen molar-refractivity contribution in [1.29, 1.82) is 0 Å². The maximum Gasteiger partial charge on any atom is 0.241 e. The van der Waals surface area contributed by atoms with Gasteiger partial charge in [-0.1, -0.05) is 167 Å². The first-order valence-corrected chi connectivity index (χ1v) is 21.1. The number of carbonyl (C=O) groups excluding carboxylic acids is 2. The van der Waals surface area contributed by atoms with Gasteiger partial charge in [-0.25, -0.2) is 0 Å². The van der Waals surface area contributed by atoms with E-state index in [1.54, 1.807) is 0 Å². The number of allylic oxidation sites excluding steroid dienone is 2. The molecule has 0 saturated carbocycles. The molecule has 2 amide bonds. The predicted molar refractivity (Wildman–Crippen MR) is 212 cm³/mol. The monoisotopic (exact) mass is 693 g/mol. The molecule has 8 heteroatoms. The zero-order valence-electron chi connectivity index (χ0n) is 32.6. The van der Waals surface area contributed by atoms with Crippen LogP contribution in [0, 0.1) is 0 Å². The van der Waals surface area contributed by atoms with Gasteiger partial charge in [-0.05, 0) is 51.5 Å². The van der Waals surface area contributed by atoms with Crippen molar-refractivity contribution in [1.82, 2.24) is 15.5 Å². The van der Waals surface area contributed by atoms with Gasteiger partial charge in [0.2, 0.25) is 11.8 Å².